The number of hydrogen-bond donors (Lipinski definition) is 0. The summed E-state index contributed by atoms with van der Waals surface area (Å²) in [5, 5.41) is 0. The third-order valence-electron chi connectivity index (χ3n) is 4.90. The molecule has 0 aromatic heterocycles. The Kier molecular flexibility index (Phi) is 5.54. The number of carbonyl (C=O) groups excluding carboxylic acids is 2. The maximum Gasteiger partial charge on any atom is 0.305 e. The van der Waals surface area contributed by atoms with Crippen LogP contribution in [0, 0.1) is 5.41 Å². The van der Waals surface area contributed by atoms with Gasteiger partial charge in [0.1, 0.15) is 0 Å². The van der Waals surface area contributed by atoms with Crippen molar-refractivity contribution in [3.8, 4) is 0 Å². The Hall–Kier alpha value is -1.45. The second-order valence-corrected chi connectivity index (χ2v) is 6.49. The average molecular weight is 305 g/mol. The molecule has 4 nitrogen and oxygen atoms in total. The lowest BCUT2D eigenvalue weighted by molar-refractivity contribution is -0.143. The van der Waals surface area contributed by atoms with Crippen LogP contribution in [0.5, 0.6) is 0 Å². The molecule has 1 aliphatic carbocycles. The van der Waals surface area contributed by atoms with E-state index in [1.165, 1.54) is 0 Å². The number of ether oxygens (including phenoxy) is 1. The maximum absolute atomic E-state index is 12.3. The van der Waals surface area contributed by atoms with Crippen molar-refractivity contribution in [3.63, 3.8) is 0 Å². The Morgan fingerprint density at radius 3 is 2.77 bits per heavy atom. The van der Waals surface area contributed by atoms with Crippen LogP contribution in [-0.2, 0) is 14.3 Å². The van der Waals surface area contributed by atoms with Crippen molar-refractivity contribution in [2.75, 3.05) is 6.61 Å². The average Bonchev–Trinajstić information content (AvgIpc) is 2.72. The Morgan fingerprint density at radius 1 is 1.27 bits per heavy atom. The van der Waals surface area contributed by atoms with Gasteiger partial charge in [0.15, 0.2) is 5.78 Å². The smallest absolute Gasteiger partial charge is 0.305 e. The predicted octanol–water partition coefficient (Wildman–Crippen LogP) is 3.99. The first-order valence-corrected chi connectivity index (χ1v) is 8.47. The summed E-state index contributed by atoms with van der Waals surface area (Å²) in [6, 6.07) is 0. The largest absolute Gasteiger partial charge is 0.466 e. The number of esters is 1. The number of allylic oxidation sites excluding steroid dienone is 2. The molecule has 22 heavy (non-hydrogen) atoms. The van der Waals surface area contributed by atoms with E-state index in [1.807, 2.05) is 13.8 Å². The molecule has 4 heteroatoms. The minimum Gasteiger partial charge on any atom is -0.466 e. The van der Waals surface area contributed by atoms with Crippen LogP contribution in [0.25, 0.3) is 0 Å². The van der Waals surface area contributed by atoms with Crippen molar-refractivity contribution in [1.29, 1.82) is 0 Å². The highest BCUT2D eigenvalue weighted by Crippen LogP contribution is 2.46. The Bertz CT molecular complexity index is 518. The quantitative estimate of drug-likeness (QED) is 0.528. The van der Waals surface area contributed by atoms with E-state index in [0.29, 0.717) is 19.4 Å². The molecule has 1 atom stereocenters. The van der Waals surface area contributed by atoms with Crippen LogP contribution in [0.2, 0.25) is 0 Å². The summed E-state index contributed by atoms with van der Waals surface area (Å²) in [6.45, 7) is 6.48. The first-order valence-electron chi connectivity index (χ1n) is 8.47. The minimum atomic E-state index is -0.184. The van der Waals surface area contributed by atoms with Gasteiger partial charge in [-0.2, -0.15) is 0 Å². The lowest BCUT2D eigenvalue weighted by atomic mass is 9.71. The third-order valence-corrected chi connectivity index (χ3v) is 4.90. The van der Waals surface area contributed by atoms with E-state index in [1.54, 1.807) is 0 Å². The highest BCUT2D eigenvalue weighted by atomic mass is 16.5. The molecule has 0 N–H and O–H groups in total. The molecular formula is C18H27NO3. The van der Waals surface area contributed by atoms with Gasteiger partial charge in [-0.1, -0.05) is 19.8 Å². The number of hydrogen-bond acceptors (Lipinski definition) is 4. The van der Waals surface area contributed by atoms with Gasteiger partial charge in [-0.25, -0.2) is 0 Å². The summed E-state index contributed by atoms with van der Waals surface area (Å²) in [5.74, 6) is 0.177. The van der Waals surface area contributed by atoms with Crippen LogP contribution in [0.4, 0.5) is 0 Å². The molecule has 0 saturated heterocycles. The number of ketones is 1. The minimum absolute atomic E-state index is 0.111. The Labute approximate surface area is 133 Å². The van der Waals surface area contributed by atoms with Gasteiger partial charge in [-0.3, -0.25) is 14.6 Å². The Balaban J connectivity index is 1.86. The fraction of sp³-hybridized carbons (Fsp3) is 0.722. The van der Waals surface area contributed by atoms with E-state index < -0.39 is 0 Å². The summed E-state index contributed by atoms with van der Waals surface area (Å²) in [5.41, 5.74) is 2.90. The molecule has 2 rings (SSSR count). The predicted molar refractivity (Wildman–Crippen MR) is 86.8 cm³/mol. The topological polar surface area (TPSA) is 55.7 Å². The van der Waals surface area contributed by atoms with Gasteiger partial charge in [-0.05, 0) is 39.5 Å². The zero-order valence-corrected chi connectivity index (χ0v) is 14.0. The molecule has 0 aromatic carbocycles. The van der Waals surface area contributed by atoms with Gasteiger partial charge in [0, 0.05) is 35.2 Å². The van der Waals surface area contributed by atoms with Gasteiger partial charge in [0.25, 0.3) is 0 Å². The lowest BCUT2D eigenvalue weighted by Gasteiger charge is -2.29. The molecule has 122 valence electrons. The second-order valence-electron chi connectivity index (χ2n) is 6.49. The van der Waals surface area contributed by atoms with Gasteiger partial charge < -0.3 is 4.74 Å². The van der Waals surface area contributed by atoms with E-state index >= 15 is 0 Å². The standard InChI is InChI=1S/C18H27NO3/c1-4-22-16(21)11-6-5-7-12-18(3)13(2)19-14-9-8-10-15(20)17(14)18/h4-12H2,1-3H3. The number of nitrogens with zero attached hydrogens (tertiary/aromatic N) is 1. The summed E-state index contributed by atoms with van der Waals surface area (Å²) < 4.78 is 4.93. The van der Waals surface area contributed by atoms with Gasteiger partial charge in [0.2, 0.25) is 0 Å². The number of unbranched alkanes of at least 4 members (excludes halogenated alkanes) is 2. The number of aliphatic imine (C=N–C) groups is 1. The van der Waals surface area contributed by atoms with Crippen LogP contribution in [-0.4, -0.2) is 24.1 Å². The summed E-state index contributed by atoms with van der Waals surface area (Å²) >= 11 is 0. The van der Waals surface area contributed by atoms with Crippen LogP contribution in [0.3, 0.4) is 0 Å². The molecule has 1 heterocycles. The monoisotopic (exact) mass is 305 g/mol. The highest BCUT2D eigenvalue weighted by molar-refractivity contribution is 6.09. The van der Waals surface area contributed by atoms with Crippen LogP contribution in [0.1, 0.15) is 72.1 Å². The maximum atomic E-state index is 12.3. The normalized spacial score (nSPS) is 24.3. The van der Waals surface area contributed by atoms with Crippen molar-refractivity contribution in [2.45, 2.75) is 72.1 Å². The van der Waals surface area contributed by atoms with Crippen LogP contribution in [0.15, 0.2) is 16.3 Å². The zero-order valence-electron chi connectivity index (χ0n) is 14.0. The summed E-state index contributed by atoms with van der Waals surface area (Å²) in [4.78, 5) is 28.3. The molecule has 0 saturated carbocycles. The molecule has 1 unspecified atom stereocenters. The van der Waals surface area contributed by atoms with Crippen molar-refractivity contribution in [3.05, 3.63) is 11.3 Å². The van der Waals surface area contributed by atoms with E-state index in [9.17, 15) is 9.59 Å². The van der Waals surface area contributed by atoms with Crippen molar-refractivity contribution < 1.29 is 14.3 Å². The molecule has 0 amide bonds. The van der Waals surface area contributed by atoms with Gasteiger partial charge >= 0.3 is 5.97 Å². The van der Waals surface area contributed by atoms with Crippen LogP contribution < -0.4 is 0 Å². The number of carbonyl (C=O) groups is 2. The SMILES string of the molecule is CCOC(=O)CCCCCC1(C)C(C)=NC2=C1C(=O)CCC2. The van der Waals surface area contributed by atoms with Crippen molar-refractivity contribution >= 4 is 17.5 Å². The van der Waals surface area contributed by atoms with Gasteiger partial charge in [0.05, 0.1) is 6.61 Å². The van der Waals surface area contributed by atoms with E-state index in [-0.39, 0.29) is 17.2 Å². The van der Waals surface area contributed by atoms with E-state index in [0.717, 1.165) is 55.5 Å². The van der Waals surface area contributed by atoms with E-state index in [4.69, 9.17) is 4.74 Å². The molecule has 0 spiro atoms. The van der Waals surface area contributed by atoms with Crippen molar-refractivity contribution in [2.24, 2.45) is 10.4 Å². The molecule has 1 aliphatic heterocycles. The first kappa shape index (κ1) is 16.9. The molecule has 2 aliphatic rings. The molecule has 0 fully saturated rings. The first-order chi connectivity index (χ1) is 10.5. The second kappa shape index (κ2) is 7.21. The number of Topliss-reactive ketones (excluding diaryl/α,β-unsaturated/α-hetero) is 1. The Morgan fingerprint density at radius 2 is 2.05 bits per heavy atom. The van der Waals surface area contributed by atoms with Crippen LogP contribution >= 0.6 is 0 Å². The number of rotatable bonds is 7. The zero-order chi connectivity index (χ0) is 16.2. The van der Waals surface area contributed by atoms with Crippen molar-refractivity contribution in [1.82, 2.24) is 0 Å². The van der Waals surface area contributed by atoms with E-state index in [2.05, 4.69) is 11.9 Å². The summed E-state index contributed by atoms with van der Waals surface area (Å²) in [6.07, 6.45) is 6.82. The lowest BCUT2D eigenvalue weighted by Crippen LogP contribution is -2.30. The fourth-order valence-electron chi connectivity index (χ4n) is 3.54. The fourth-order valence-corrected chi connectivity index (χ4v) is 3.54. The summed E-state index contributed by atoms with van der Waals surface area (Å²) in [7, 11) is 0. The van der Waals surface area contributed by atoms with Gasteiger partial charge in [-0.15, -0.1) is 0 Å². The molecule has 0 bridgehead atoms. The third kappa shape index (κ3) is 3.47. The molecule has 0 aromatic rings. The molecular weight excluding hydrogens is 278 g/mol. The highest BCUT2D eigenvalue weighted by Gasteiger charge is 2.42. The molecule has 0 radical (unpaired) electrons.